The largest absolute Gasteiger partial charge is 0.496 e. The fourth-order valence-electron chi connectivity index (χ4n) is 3.94. The Morgan fingerprint density at radius 2 is 1.91 bits per heavy atom. The zero-order valence-electron chi connectivity index (χ0n) is 18.8. The number of carbonyl (C=O) groups is 1. The standard InChI is InChI=1S/C23H28ClN5O3/c1-26(2)7-5-8-27-10-11-29(23(27)30)16-6-9-28-15-19(25-22(28)12-16)17-13-18(24)21(32-4)14-20(17)31-3/h6,9,12-15H,5,7-8,10-11H2,1-4H3. The van der Waals surface area contributed by atoms with Gasteiger partial charge >= 0.3 is 6.03 Å². The predicted molar refractivity (Wildman–Crippen MR) is 126 cm³/mol. The molecule has 0 unspecified atom stereocenters. The molecule has 1 aliphatic heterocycles. The Morgan fingerprint density at radius 1 is 1.12 bits per heavy atom. The van der Waals surface area contributed by atoms with Crippen molar-refractivity contribution in [3.05, 3.63) is 41.7 Å². The van der Waals surface area contributed by atoms with Gasteiger partial charge in [0.05, 0.1) is 30.6 Å². The number of nitrogens with zero attached hydrogens (tertiary/aromatic N) is 5. The van der Waals surface area contributed by atoms with Crippen molar-refractivity contribution in [3.8, 4) is 22.8 Å². The Hall–Kier alpha value is -2.97. The molecular weight excluding hydrogens is 430 g/mol. The number of carbonyl (C=O) groups excluding carboxylic acids is 1. The molecule has 9 heteroatoms. The minimum Gasteiger partial charge on any atom is -0.496 e. The molecule has 2 amide bonds. The molecule has 3 heterocycles. The van der Waals surface area contributed by atoms with Crippen LogP contribution in [0.5, 0.6) is 11.5 Å². The van der Waals surface area contributed by atoms with Crippen LogP contribution < -0.4 is 14.4 Å². The summed E-state index contributed by atoms with van der Waals surface area (Å²) in [6.07, 6.45) is 4.79. The molecule has 0 atom stereocenters. The summed E-state index contributed by atoms with van der Waals surface area (Å²) < 4.78 is 12.7. The first-order chi connectivity index (χ1) is 15.4. The van der Waals surface area contributed by atoms with E-state index in [1.807, 2.05) is 52.8 Å². The summed E-state index contributed by atoms with van der Waals surface area (Å²) in [5, 5.41) is 0.484. The lowest BCUT2D eigenvalue weighted by Crippen LogP contribution is -2.33. The Balaban J connectivity index is 1.58. The Morgan fingerprint density at radius 3 is 2.62 bits per heavy atom. The summed E-state index contributed by atoms with van der Waals surface area (Å²) >= 11 is 6.33. The number of pyridine rings is 1. The highest BCUT2D eigenvalue weighted by Gasteiger charge is 2.29. The number of fused-ring (bicyclic) bond motifs is 1. The molecule has 3 aromatic rings. The number of urea groups is 1. The molecule has 0 spiro atoms. The molecule has 0 saturated carbocycles. The molecule has 1 aromatic carbocycles. The molecule has 0 radical (unpaired) electrons. The van der Waals surface area contributed by atoms with E-state index in [-0.39, 0.29) is 6.03 Å². The first kappa shape index (κ1) is 22.2. The first-order valence-electron chi connectivity index (χ1n) is 10.5. The number of amides is 2. The van der Waals surface area contributed by atoms with Crippen molar-refractivity contribution in [2.45, 2.75) is 6.42 Å². The van der Waals surface area contributed by atoms with E-state index in [2.05, 4.69) is 4.90 Å². The summed E-state index contributed by atoms with van der Waals surface area (Å²) in [5.74, 6) is 1.17. The van der Waals surface area contributed by atoms with Crippen LogP contribution in [0.1, 0.15) is 6.42 Å². The van der Waals surface area contributed by atoms with Crippen LogP contribution in [0.4, 0.5) is 10.5 Å². The molecule has 1 aliphatic rings. The zero-order chi connectivity index (χ0) is 22.8. The van der Waals surface area contributed by atoms with Crippen molar-refractivity contribution >= 4 is 29.0 Å². The number of benzene rings is 1. The number of ether oxygens (including phenoxy) is 2. The maximum atomic E-state index is 12.9. The van der Waals surface area contributed by atoms with E-state index in [1.54, 1.807) is 26.4 Å². The molecule has 32 heavy (non-hydrogen) atoms. The van der Waals surface area contributed by atoms with Gasteiger partial charge in [-0.1, -0.05) is 11.6 Å². The van der Waals surface area contributed by atoms with Gasteiger partial charge in [-0.25, -0.2) is 9.78 Å². The highest BCUT2D eigenvalue weighted by molar-refractivity contribution is 6.32. The number of imidazole rings is 1. The van der Waals surface area contributed by atoms with Gasteiger partial charge in [0.1, 0.15) is 17.1 Å². The van der Waals surface area contributed by atoms with Crippen LogP contribution in [0, 0.1) is 0 Å². The number of methoxy groups -OCH3 is 2. The fourth-order valence-corrected chi connectivity index (χ4v) is 4.18. The van der Waals surface area contributed by atoms with E-state index >= 15 is 0 Å². The van der Waals surface area contributed by atoms with Gasteiger partial charge in [-0.2, -0.15) is 0 Å². The van der Waals surface area contributed by atoms with Crippen LogP contribution >= 0.6 is 11.6 Å². The van der Waals surface area contributed by atoms with E-state index in [9.17, 15) is 4.79 Å². The van der Waals surface area contributed by atoms with Crippen molar-refractivity contribution in [1.29, 1.82) is 0 Å². The van der Waals surface area contributed by atoms with Crippen LogP contribution in [-0.2, 0) is 0 Å². The second kappa shape index (κ2) is 9.26. The molecule has 1 saturated heterocycles. The Bertz CT molecular complexity index is 1130. The lowest BCUT2D eigenvalue weighted by Gasteiger charge is -2.19. The predicted octanol–water partition coefficient (Wildman–Crippen LogP) is 3.87. The van der Waals surface area contributed by atoms with Crippen molar-refractivity contribution in [1.82, 2.24) is 19.2 Å². The molecule has 1 fully saturated rings. The van der Waals surface area contributed by atoms with Crippen LogP contribution in [0.15, 0.2) is 36.7 Å². The van der Waals surface area contributed by atoms with Gasteiger partial charge in [-0.15, -0.1) is 0 Å². The number of hydrogen-bond donors (Lipinski definition) is 0. The minimum atomic E-state index is 0.0449. The van der Waals surface area contributed by atoms with E-state index in [0.29, 0.717) is 23.1 Å². The molecule has 170 valence electrons. The lowest BCUT2D eigenvalue weighted by atomic mass is 10.1. The molecule has 0 aliphatic carbocycles. The maximum Gasteiger partial charge on any atom is 0.324 e. The van der Waals surface area contributed by atoms with Crippen molar-refractivity contribution < 1.29 is 14.3 Å². The third-order valence-corrected chi connectivity index (χ3v) is 5.93. The van der Waals surface area contributed by atoms with Gasteiger partial charge in [0.25, 0.3) is 0 Å². The highest BCUT2D eigenvalue weighted by atomic mass is 35.5. The van der Waals surface area contributed by atoms with Crippen LogP contribution in [-0.4, -0.2) is 79.7 Å². The van der Waals surface area contributed by atoms with Crippen LogP contribution in [0.2, 0.25) is 5.02 Å². The van der Waals surface area contributed by atoms with E-state index < -0.39 is 0 Å². The third-order valence-electron chi connectivity index (χ3n) is 5.63. The average molecular weight is 458 g/mol. The zero-order valence-corrected chi connectivity index (χ0v) is 19.6. The molecule has 4 rings (SSSR count). The number of rotatable bonds is 8. The quantitative estimate of drug-likeness (QED) is 0.514. The summed E-state index contributed by atoms with van der Waals surface area (Å²) in [5.41, 5.74) is 3.08. The SMILES string of the molecule is COc1cc(OC)c(-c2cn3ccc(N4CCN(CCCN(C)C)C4=O)cc3n2)cc1Cl. The number of anilines is 1. The minimum absolute atomic E-state index is 0.0449. The van der Waals surface area contributed by atoms with Crippen molar-refractivity contribution in [2.24, 2.45) is 0 Å². The second-order valence-electron chi connectivity index (χ2n) is 8.04. The molecule has 2 aromatic heterocycles. The summed E-state index contributed by atoms with van der Waals surface area (Å²) in [7, 11) is 7.25. The van der Waals surface area contributed by atoms with Gasteiger partial charge < -0.3 is 23.7 Å². The van der Waals surface area contributed by atoms with E-state index in [0.717, 1.165) is 48.6 Å². The molecule has 8 nitrogen and oxygen atoms in total. The van der Waals surface area contributed by atoms with Gasteiger partial charge in [0.2, 0.25) is 0 Å². The van der Waals surface area contributed by atoms with Crippen molar-refractivity contribution in [3.63, 3.8) is 0 Å². The monoisotopic (exact) mass is 457 g/mol. The number of halogens is 1. The number of aromatic nitrogens is 2. The van der Waals surface area contributed by atoms with Crippen LogP contribution in [0.25, 0.3) is 16.9 Å². The van der Waals surface area contributed by atoms with Gasteiger partial charge in [0, 0.05) is 49.7 Å². The van der Waals surface area contributed by atoms with Gasteiger partial charge in [-0.05, 0) is 39.2 Å². The van der Waals surface area contributed by atoms with Crippen LogP contribution in [0.3, 0.4) is 0 Å². The first-order valence-corrected chi connectivity index (χ1v) is 10.9. The summed E-state index contributed by atoms with van der Waals surface area (Å²) in [4.78, 5) is 23.5. The second-order valence-corrected chi connectivity index (χ2v) is 8.45. The van der Waals surface area contributed by atoms with E-state index in [4.69, 9.17) is 26.1 Å². The summed E-state index contributed by atoms with van der Waals surface area (Å²) in [6.45, 7) is 3.14. The Labute approximate surface area is 192 Å². The van der Waals surface area contributed by atoms with E-state index in [1.165, 1.54) is 0 Å². The molecule has 0 bridgehead atoms. The maximum absolute atomic E-state index is 12.9. The number of hydrogen-bond acceptors (Lipinski definition) is 5. The summed E-state index contributed by atoms with van der Waals surface area (Å²) in [6, 6.07) is 7.46. The Kier molecular flexibility index (Phi) is 6.43. The molecule has 0 N–H and O–H groups in total. The highest BCUT2D eigenvalue weighted by Crippen LogP contribution is 2.38. The third kappa shape index (κ3) is 4.33. The normalized spacial score (nSPS) is 14.1. The fraction of sp³-hybridized carbons (Fsp3) is 0.391. The van der Waals surface area contributed by atoms with Gasteiger partial charge in [0.15, 0.2) is 0 Å². The molecular formula is C23H28ClN5O3. The lowest BCUT2D eigenvalue weighted by molar-refractivity contribution is 0.218. The average Bonchev–Trinajstić information content (AvgIpc) is 3.36. The van der Waals surface area contributed by atoms with Gasteiger partial charge in [-0.3, -0.25) is 4.90 Å². The smallest absolute Gasteiger partial charge is 0.324 e. The van der Waals surface area contributed by atoms with Crippen molar-refractivity contribution in [2.75, 3.05) is 59.4 Å². The topological polar surface area (TPSA) is 62.6 Å².